The standard InChI is InChI=1S/C15H17ClN2O2S/c1-10-3-5-12(6-4-10)9-18-21(19,20)15-8-13(16)7-14(17)11(15)2/h3-8,18H,9,17H2,1-2H3. The SMILES string of the molecule is Cc1ccc(CNS(=O)(=O)c2cc(Cl)cc(N)c2C)cc1. The maximum atomic E-state index is 12.4. The van der Waals surface area contributed by atoms with Crippen LogP contribution < -0.4 is 10.5 Å². The van der Waals surface area contributed by atoms with E-state index in [-0.39, 0.29) is 11.4 Å². The third-order valence-corrected chi connectivity index (χ3v) is 4.99. The van der Waals surface area contributed by atoms with E-state index >= 15 is 0 Å². The second kappa shape index (κ2) is 6.05. The summed E-state index contributed by atoms with van der Waals surface area (Å²) in [4.78, 5) is 0.111. The number of hydrogen-bond donors (Lipinski definition) is 2. The molecule has 0 aliphatic carbocycles. The Bertz CT molecular complexity index is 756. The van der Waals surface area contributed by atoms with Crippen LogP contribution in [0.2, 0.25) is 5.02 Å². The average molecular weight is 325 g/mol. The van der Waals surface area contributed by atoms with Gasteiger partial charge in [-0.1, -0.05) is 41.4 Å². The first-order chi connectivity index (χ1) is 9.79. The Hall–Kier alpha value is -1.56. The van der Waals surface area contributed by atoms with Crippen LogP contribution in [0, 0.1) is 13.8 Å². The fraction of sp³-hybridized carbons (Fsp3) is 0.200. The summed E-state index contributed by atoms with van der Waals surface area (Å²) in [6, 6.07) is 10.6. The molecule has 0 amide bonds. The van der Waals surface area contributed by atoms with Gasteiger partial charge in [-0.05, 0) is 37.1 Å². The summed E-state index contributed by atoms with van der Waals surface area (Å²) in [6.07, 6.45) is 0. The van der Waals surface area contributed by atoms with Gasteiger partial charge in [0.15, 0.2) is 0 Å². The molecule has 21 heavy (non-hydrogen) atoms. The van der Waals surface area contributed by atoms with Crippen LogP contribution in [0.25, 0.3) is 0 Å². The number of nitrogens with two attached hydrogens (primary N) is 1. The topological polar surface area (TPSA) is 72.2 Å². The van der Waals surface area contributed by atoms with Crippen LogP contribution in [0.4, 0.5) is 5.69 Å². The van der Waals surface area contributed by atoms with Crippen molar-refractivity contribution in [3.8, 4) is 0 Å². The van der Waals surface area contributed by atoms with E-state index in [1.807, 2.05) is 31.2 Å². The minimum absolute atomic E-state index is 0.111. The molecule has 2 aromatic rings. The highest BCUT2D eigenvalue weighted by molar-refractivity contribution is 7.89. The molecule has 4 nitrogen and oxygen atoms in total. The predicted molar refractivity (Wildman–Crippen MR) is 85.8 cm³/mol. The quantitative estimate of drug-likeness (QED) is 0.849. The van der Waals surface area contributed by atoms with Crippen LogP contribution in [0.5, 0.6) is 0 Å². The van der Waals surface area contributed by atoms with Gasteiger partial charge in [0.1, 0.15) is 0 Å². The number of hydrogen-bond acceptors (Lipinski definition) is 3. The first-order valence-corrected chi connectivity index (χ1v) is 8.26. The number of nitrogen functional groups attached to an aromatic ring is 1. The van der Waals surface area contributed by atoms with Crippen molar-refractivity contribution in [2.75, 3.05) is 5.73 Å². The van der Waals surface area contributed by atoms with E-state index in [2.05, 4.69) is 4.72 Å². The second-order valence-corrected chi connectivity index (χ2v) is 7.10. The zero-order valence-corrected chi connectivity index (χ0v) is 13.4. The van der Waals surface area contributed by atoms with Gasteiger partial charge in [0.2, 0.25) is 10.0 Å². The van der Waals surface area contributed by atoms with E-state index in [4.69, 9.17) is 17.3 Å². The number of anilines is 1. The molecule has 112 valence electrons. The fourth-order valence-electron chi connectivity index (χ4n) is 1.92. The molecule has 3 N–H and O–H groups in total. The number of aryl methyl sites for hydroxylation is 1. The molecule has 0 heterocycles. The van der Waals surface area contributed by atoms with Crippen molar-refractivity contribution in [1.29, 1.82) is 0 Å². The first kappa shape index (κ1) is 15.8. The highest BCUT2D eigenvalue weighted by Gasteiger charge is 2.18. The number of rotatable bonds is 4. The van der Waals surface area contributed by atoms with Crippen LogP contribution >= 0.6 is 11.6 Å². The van der Waals surface area contributed by atoms with Gasteiger partial charge in [-0.3, -0.25) is 0 Å². The lowest BCUT2D eigenvalue weighted by Gasteiger charge is -2.12. The predicted octanol–water partition coefficient (Wildman–Crippen LogP) is 3.02. The Morgan fingerprint density at radius 2 is 1.76 bits per heavy atom. The molecular formula is C15H17ClN2O2S. The normalized spacial score (nSPS) is 11.6. The lowest BCUT2D eigenvalue weighted by molar-refractivity contribution is 0.580. The smallest absolute Gasteiger partial charge is 0.241 e. The second-order valence-electron chi connectivity index (χ2n) is 4.93. The van der Waals surface area contributed by atoms with Gasteiger partial charge in [-0.25, -0.2) is 13.1 Å². The van der Waals surface area contributed by atoms with Gasteiger partial charge in [-0.2, -0.15) is 0 Å². The van der Waals surface area contributed by atoms with Gasteiger partial charge in [0.05, 0.1) is 4.90 Å². The molecule has 0 spiro atoms. The van der Waals surface area contributed by atoms with Crippen molar-refractivity contribution in [1.82, 2.24) is 4.72 Å². The molecule has 0 unspecified atom stereocenters. The summed E-state index contributed by atoms with van der Waals surface area (Å²) in [6.45, 7) is 3.85. The summed E-state index contributed by atoms with van der Waals surface area (Å²) < 4.78 is 27.3. The van der Waals surface area contributed by atoms with E-state index in [0.717, 1.165) is 11.1 Å². The van der Waals surface area contributed by atoms with Crippen molar-refractivity contribution >= 4 is 27.3 Å². The third kappa shape index (κ3) is 3.75. The summed E-state index contributed by atoms with van der Waals surface area (Å²) >= 11 is 5.89. The van der Waals surface area contributed by atoms with Crippen LogP contribution in [-0.2, 0) is 16.6 Å². The summed E-state index contributed by atoms with van der Waals surface area (Å²) in [7, 11) is -3.66. The van der Waals surface area contributed by atoms with Crippen molar-refractivity contribution in [3.05, 3.63) is 58.1 Å². The van der Waals surface area contributed by atoms with Gasteiger partial charge < -0.3 is 5.73 Å². The lowest BCUT2D eigenvalue weighted by atomic mass is 10.2. The average Bonchev–Trinajstić information content (AvgIpc) is 2.42. The van der Waals surface area contributed by atoms with Crippen molar-refractivity contribution in [2.24, 2.45) is 0 Å². The summed E-state index contributed by atoms with van der Waals surface area (Å²) in [5.41, 5.74) is 8.63. The molecule has 0 saturated heterocycles. The van der Waals surface area contributed by atoms with E-state index in [1.165, 1.54) is 12.1 Å². The Kier molecular flexibility index (Phi) is 4.56. The van der Waals surface area contributed by atoms with Gasteiger partial charge in [-0.15, -0.1) is 0 Å². The molecule has 0 aromatic heterocycles. The van der Waals surface area contributed by atoms with Gasteiger partial charge in [0.25, 0.3) is 0 Å². The van der Waals surface area contributed by atoms with E-state index in [0.29, 0.717) is 16.3 Å². The largest absolute Gasteiger partial charge is 0.398 e. The molecule has 2 rings (SSSR count). The number of nitrogens with one attached hydrogen (secondary N) is 1. The third-order valence-electron chi connectivity index (χ3n) is 3.24. The van der Waals surface area contributed by atoms with Crippen LogP contribution in [0.15, 0.2) is 41.3 Å². The first-order valence-electron chi connectivity index (χ1n) is 6.40. The molecule has 0 aliphatic rings. The Balaban J connectivity index is 2.25. The van der Waals surface area contributed by atoms with Crippen molar-refractivity contribution < 1.29 is 8.42 Å². The molecule has 0 radical (unpaired) electrons. The number of halogens is 1. The minimum atomic E-state index is -3.66. The zero-order valence-electron chi connectivity index (χ0n) is 11.9. The highest BCUT2D eigenvalue weighted by atomic mass is 35.5. The van der Waals surface area contributed by atoms with E-state index < -0.39 is 10.0 Å². The van der Waals surface area contributed by atoms with Crippen molar-refractivity contribution in [3.63, 3.8) is 0 Å². The van der Waals surface area contributed by atoms with Crippen LogP contribution in [-0.4, -0.2) is 8.42 Å². The van der Waals surface area contributed by atoms with Crippen LogP contribution in [0.3, 0.4) is 0 Å². The Morgan fingerprint density at radius 3 is 2.38 bits per heavy atom. The maximum Gasteiger partial charge on any atom is 0.241 e. The van der Waals surface area contributed by atoms with E-state index in [1.54, 1.807) is 6.92 Å². The molecule has 0 saturated carbocycles. The molecule has 0 fully saturated rings. The molecular weight excluding hydrogens is 308 g/mol. The van der Waals surface area contributed by atoms with Gasteiger partial charge in [0, 0.05) is 17.3 Å². The molecule has 6 heteroatoms. The zero-order chi connectivity index (χ0) is 15.6. The number of benzene rings is 2. The molecule has 0 atom stereocenters. The van der Waals surface area contributed by atoms with Crippen molar-refractivity contribution in [2.45, 2.75) is 25.3 Å². The monoisotopic (exact) mass is 324 g/mol. The molecule has 0 bridgehead atoms. The summed E-state index contributed by atoms with van der Waals surface area (Å²) in [5.74, 6) is 0. The Labute approximate surface area is 130 Å². The lowest BCUT2D eigenvalue weighted by Crippen LogP contribution is -2.24. The molecule has 2 aromatic carbocycles. The van der Waals surface area contributed by atoms with Gasteiger partial charge >= 0.3 is 0 Å². The summed E-state index contributed by atoms with van der Waals surface area (Å²) in [5, 5.41) is 0.300. The molecule has 0 aliphatic heterocycles. The van der Waals surface area contributed by atoms with Crippen LogP contribution in [0.1, 0.15) is 16.7 Å². The minimum Gasteiger partial charge on any atom is -0.398 e. The number of sulfonamides is 1. The highest BCUT2D eigenvalue weighted by Crippen LogP contribution is 2.26. The maximum absolute atomic E-state index is 12.4. The fourth-order valence-corrected chi connectivity index (χ4v) is 3.52. The Morgan fingerprint density at radius 1 is 1.14 bits per heavy atom. The van der Waals surface area contributed by atoms with E-state index in [9.17, 15) is 8.42 Å².